The number of hydrogen-bond acceptors (Lipinski definition) is 4. The second-order valence-corrected chi connectivity index (χ2v) is 3.24. The molecule has 0 radical (unpaired) electrons. The highest BCUT2D eigenvalue weighted by atomic mass is 16.3. The van der Waals surface area contributed by atoms with Crippen molar-refractivity contribution in [1.29, 1.82) is 0 Å². The van der Waals surface area contributed by atoms with Crippen LogP contribution in [0, 0.1) is 0 Å². The number of pyridine rings is 1. The van der Waals surface area contributed by atoms with Gasteiger partial charge in [0.2, 0.25) is 0 Å². The molecule has 0 unspecified atom stereocenters. The van der Waals surface area contributed by atoms with E-state index in [-0.39, 0.29) is 5.75 Å². The van der Waals surface area contributed by atoms with Gasteiger partial charge in [-0.05, 0) is 18.6 Å². The molecule has 15 heavy (non-hydrogen) atoms. The predicted octanol–water partition coefficient (Wildman–Crippen LogP) is 1.46. The smallest absolute Gasteiger partial charge is 0.133 e. The highest BCUT2D eigenvalue weighted by Crippen LogP contribution is 2.17. The van der Waals surface area contributed by atoms with Crippen LogP contribution in [-0.2, 0) is 6.54 Å². The highest BCUT2D eigenvalue weighted by Gasteiger charge is 2.06. The molecule has 5 heteroatoms. The Balaban J connectivity index is 2.36. The second-order valence-electron chi connectivity index (χ2n) is 3.24. The molecular formula is C10H12N4O. The van der Waals surface area contributed by atoms with Gasteiger partial charge in [0, 0.05) is 6.54 Å². The van der Waals surface area contributed by atoms with Gasteiger partial charge in [0.1, 0.15) is 11.4 Å². The molecule has 2 heterocycles. The van der Waals surface area contributed by atoms with Crippen molar-refractivity contribution in [3.8, 4) is 17.1 Å². The minimum Gasteiger partial charge on any atom is -0.506 e. The Morgan fingerprint density at radius 3 is 2.87 bits per heavy atom. The molecule has 78 valence electrons. The predicted molar refractivity (Wildman–Crippen MR) is 55.2 cm³/mol. The first-order valence-electron chi connectivity index (χ1n) is 4.85. The first kappa shape index (κ1) is 9.64. The van der Waals surface area contributed by atoms with Crippen LogP contribution < -0.4 is 0 Å². The molecule has 2 rings (SSSR count). The monoisotopic (exact) mass is 204 g/mol. The molecular weight excluding hydrogens is 192 g/mol. The maximum Gasteiger partial charge on any atom is 0.133 e. The Hall–Kier alpha value is -1.91. The Morgan fingerprint density at radius 1 is 1.33 bits per heavy atom. The van der Waals surface area contributed by atoms with Gasteiger partial charge in [0.25, 0.3) is 0 Å². The van der Waals surface area contributed by atoms with E-state index in [4.69, 9.17) is 5.11 Å². The van der Waals surface area contributed by atoms with Crippen LogP contribution in [0.3, 0.4) is 0 Å². The summed E-state index contributed by atoms with van der Waals surface area (Å²) in [4.78, 5) is 4.11. The molecule has 0 aromatic carbocycles. The summed E-state index contributed by atoms with van der Waals surface area (Å²) in [5.41, 5.74) is 1.64. The van der Waals surface area contributed by atoms with Gasteiger partial charge in [0.15, 0.2) is 0 Å². The van der Waals surface area contributed by atoms with E-state index in [1.807, 2.05) is 0 Å². The van der Waals surface area contributed by atoms with Crippen molar-refractivity contribution in [1.82, 2.24) is 20.0 Å². The van der Waals surface area contributed by atoms with Crippen molar-refractivity contribution in [2.45, 2.75) is 19.9 Å². The van der Waals surface area contributed by atoms with E-state index in [9.17, 15) is 0 Å². The third-order valence-corrected chi connectivity index (χ3v) is 2.06. The molecule has 0 atom stereocenters. The van der Waals surface area contributed by atoms with Crippen molar-refractivity contribution in [2.75, 3.05) is 0 Å². The van der Waals surface area contributed by atoms with Crippen LogP contribution in [-0.4, -0.2) is 25.1 Å². The Kier molecular flexibility index (Phi) is 2.62. The maximum absolute atomic E-state index is 9.13. The summed E-state index contributed by atoms with van der Waals surface area (Å²) in [5, 5.41) is 16.9. The fourth-order valence-corrected chi connectivity index (χ4v) is 1.37. The van der Waals surface area contributed by atoms with Gasteiger partial charge in [-0.25, -0.2) is 4.68 Å². The molecule has 2 aromatic rings. The van der Waals surface area contributed by atoms with Crippen LogP contribution in [0.15, 0.2) is 24.5 Å². The number of aromatic hydroxyl groups is 1. The molecule has 2 aromatic heterocycles. The SMILES string of the molecule is CCCn1nncc1-c1ccc(O)cn1. The van der Waals surface area contributed by atoms with Gasteiger partial charge in [-0.15, -0.1) is 5.10 Å². The maximum atomic E-state index is 9.13. The zero-order chi connectivity index (χ0) is 10.7. The number of aromatic nitrogens is 4. The standard InChI is InChI=1S/C10H12N4O/c1-2-5-14-10(7-12-13-14)9-4-3-8(15)6-11-9/h3-4,6-7,15H,2,5H2,1H3. The van der Waals surface area contributed by atoms with E-state index >= 15 is 0 Å². The summed E-state index contributed by atoms with van der Waals surface area (Å²) in [6, 6.07) is 3.35. The molecule has 0 aliphatic carbocycles. The van der Waals surface area contributed by atoms with Crippen molar-refractivity contribution >= 4 is 0 Å². The van der Waals surface area contributed by atoms with Crippen LogP contribution in [0.2, 0.25) is 0 Å². The highest BCUT2D eigenvalue weighted by molar-refractivity contribution is 5.53. The van der Waals surface area contributed by atoms with E-state index < -0.39 is 0 Å². The lowest BCUT2D eigenvalue weighted by Crippen LogP contribution is -2.02. The van der Waals surface area contributed by atoms with Crippen molar-refractivity contribution in [3.63, 3.8) is 0 Å². The molecule has 0 fully saturated rings. The zero-order valence-corrected chi connectivity index (χ0v) is 8.46. The Morgan fingerprint density at radius 2 is 2.20 bits per heavy atom. The number of rotatable bonds is 3. The number of hydrogen-bond donors (Lipinski definition) is 1. The fourth-order valence-electron chi connectivity index (χ4n) is 1.37. The third kappa shape index (κ3) is 1.96. The van der Waals surface area contributed by atoms with Crippen LogP contribution in [0.25, 0.3) is 11.4 Å². The van der Waals surface area contributed by atoms with Crippen LogP contribution >= 0.6 is 0 Å². The molecule has 0 aliphatic rings. The van der Waals surface area contributed by atoms with Crippen molar-refractivity contribution < 1.29 is 5.11 Å². The van der Waals surface area contributed by atoms with E-state index in [0.717, 1.165) is 24.4 Å². The largest absolute Gasteiger partial charge is 0.506 e. The zero-order valence-electron chi connectivity index (χ0n) is 8.46. The lowest BCUT2D eigenvalue weighted by Gasteiger charge is -2.03. The third-order valence-electron chi connectivity index (χ3n) is 2.06. The molecule has 0 bridgehead atoms. The minimum absolute atomic E-state index is 0.160. The lowest BCUT2D eigenvalue weighted by atomic mass is 10.3. The summed E-state index contributed by atoms with van der Waals surface area (Å²) in [5.74, 6) is 0.160. The van der Waals surface area contributed by atoms with Gasteiger partial charge in [-0.1, -0.05) is 12.1 Å². The first-order valence-corrected chi connectivity index (χ1v) is 4.85. The van der Waals surface area contributed by atoms with E-state index in [1.165, 1.54) is 6.20 Å². The van der Waals surface area contributed by atoms with Gasteiger partial charge >= 0.3 is 0 Å². The van der Waals surface area contributed by atoms with Gasteiger partial charge in [-0.3, -0.25) is 4.98 Å². The van der Waals surface area contributed by atoms with Crippen molar-refractivity contribution in [2.24, 2.45) is 0 Å². The average molecular weight is 204 g/mol. The van der Waals surface area contributed by atoms with Crippen LogP contribution in [0.1, 0.15) is 13.3 Å². The molecule has 1 N–H and O–H groups in total. The van der Waals surface area contributed by atoms with Crippen LogP contribution in [0.4, 0.5) is 0 Å². The average Bonchev–Trinajstić information content (AvgIpc) is 2.68. The van der Waals surface area contributed by atoms with Crippen LogP contribution in [0.5, 0.6) is 5.75 Å². The summed E-state index contributed by atoms with van der Waals surface area (Å²) < 4.78 is 1.80. The summed E-state index contributed by atoms with van der Waals surface area (Å²) in [6.45, 7) is 2.90. The summed E-state index contributed by atoms with van der Waals surface area (Å²) in [7, 11) is 0. The topological polar surface area (TPSA) is 63.8 Å². The molecule has 0 saturated carbocycles. The Bertz CT molecular complexity index is 435. The van der Waals surface area contributed by atoms with Gasteiger partial charge < -0.3 is 5.11 Å². The van der Waals surface area contributed by atoms with E-state index in [0.29, 0.717) is 0 Å². The summed E-state index contributed by atoms with van der Waals surface area (Å²) in [6.07, 6.45) is 4.09. The van der Waals surface area contributed by atoms with Gasteiger partial charge in [-0.2, -0.15) is 0 Å². The number of nitrogens with zero attached hydrogens (tertiary/aromatic N) is 4. The second kappa shape index (κ2) is 4.08. The molecule has 0 aliphatic heterocycles. The molecule has 5 nitrogen and oxygen atoms in total. The van der Waals surface area contributed by atoms with E-state index in [1.54, 1.807) is 23.0 Å². The summed E-state index contributed by atoms with van der Waals surface area (Å²) >= 11 is 0. The Labute approximate surface area is 87.4 Å². The molecule has 0 spiro atoms. The molecule has 0 saturated heterocycles. The van der Waals surface area contributed by atoms with Gasteiger partial charge in [0.05, 0.1) is 18.1 Å². The molecule has 0 amide bonds. The minimum atomic E-state index is 0.160. The normalized spacial score (nSPS) is 10.5. The van der Waals surface area contributed by atoms with E-state index in [2.05, 4.69) is 22.2 Å². The quantitative estimate of drug-likeness (QED) is 0.822. The fraction of sp³-hybridized carbons (Fsp3) is 0.300. The number of aryl methyl sites for hydroxylation is 1. The first-order chi connectivity index (χ1) is 7.31. The lowest BCUT2D eigenvalue weighted by molar-refractivity contribution is 0.472. The van der Waals surface area contributed by atoms with Crippen molar-refractivity contribution in [3.05, 3.63) is 24.5 Å².